The highest BCUT2D eigenvalue weighted by molar-refractivity contribution is 6.30. The topological polar surface area (TPSA) is 67.2 Å². The van der Waals surface area contributed by atoms with Gasteiger partial charge in [0.2, 0.25) is 0 Å². The average Bonchev–Trinajstić information content (AvgIpc) is 2.83. The predicted octanol–water partition coefficient (Wildman–Crippen LogP) is 6.41. The zero-order chi connectivity index (χ0) is 25.1. The van der Waals surface area contributed by atoms with Crippen LogP contribution in [0.2, 0.25) is 5.02 Å². The molecule has 1 aromatic heterocycles. The molecule has 1 unspecified atom stereocenters. The second-order valence-electron chi connectivity index (χ2n) is 10.1. The Bertz CT molecular complexity index is 1260. The first-order valence-electron chi connectivity index (χ1n) is 12.6. The molecule has 0 aliphatic heterocycles. The van der Waals surface area contributed by atoms with Gasteiger partial charge in [-0.3, -0.25) is 9.36 Å². The molecular formula is C28H35ClN4O2. The molecule has 7 heteroatoms. The number of halogens is 1. The summed E-state index contributed by atoms with van der Waals surface area (Å²) in [5, 5.41) is 4.41. The van der Waals surface area contributed by atoms with E-state index in [0.29, 0.717) is 28.3 Å². The summed E-state index contributed by atoms with van der Waals surface area (Å²) in [6.07, 6.45) is 5.54. The van der Waals surface area contributed by atoms with Crippen molar-refractivity contribution in [1.82, 2.24) is 19.8 Å². The van der Waals surface area contributed by atoms with Crippen molar-refractivity contribution in [2.45, 2.75) is 71.9 Å². The van der Waals surface area contributed by atoms with E-state index in [1.165, 1.54) is 6.42 Å². The number of rotatable bonds is 6. The molecule has 0 radical (unpaired) electrons. The van der Waals surface area contributed by atoms with E-state index in [1.807, 2.05) is 49.1 Å². The van der Waals surface area contributed by atoms with Crippen LogP contribution in [0.15, 0.2) is 47.3 Å². The third kappa shape index (κ3) is 5.53. The monoisotopic (exact) mass is 494 g/mol. The summed E-state index contributed by atoms with van der Waals surface area (Å²) in [6.45, 7) is 8.64. The van der Waals surface area contributed by atoms with Gasteiger partial charge in [0.15, 0.2) is 0 Å². The normalized spacial score (nSPS) is 15.4. The van der Waals surface area contributed by atoms with E-state index < -0.39 is 6.04 Å². The fourth-order valence-corrected chi connectivity index (χ4v) is 5.21. The van der Waals surface area contributed by atoms with Crippen LogP contribution in [0.3, 0.4) is 0 Å². The number of nitrogens with one attached hydrogen (secondary N) is 1. The minimum atomic E-state index is -0.423. The maximum absolute atomic E-state index is 13.8. The summed E-state index contributed by atoms with van der Waals surface area (Å²) in [7, 11) is 0. The zero-order valence-corrected chi connectivity index (χ0v) is 21.8. The first kappa shape index (κ1) is 25.2. The van der Waals surface area contributed by atoms with Crippen LogP contribution in [0.5, 0.6) is 0 Å². The Morgan fingerprint density at radius 2 is 1.86 bits per heavy atom. The van der Waals surface area contributed by atoms with Crippen LogP contribution in [0, 0.1) is 12.8 Å². The Labute approximate surface area is 212 Å². The van der Waals surface area contributed by atoms with Crippen molar-refractivity contribution in [1.29, 1.82) is 0 Å². The number of fused-ring (bicyclic) bond motifs is 1. The molecule has 2 amide bonds. The van der Waals surface area contributed by atoms with Crippen LogP contribution in [0.1, 0.15) is 70.3 Å². The molecule has 0 spiro atoms. The summed E-state index contributed by atoms with van der Waals surface area (Å²) in [4.78, 5) is 34.1. The number of para-hydroxylation sites is 1. The third-order valence-electron chi connectivity index (χ3n) is 6.80. The molecule has 3 aromatic rings. The minimum absolute atomic E-state index is 0.0973. The number of hydrogen-bond donors (Lipinski definition) is 1. The van der Waals surface area contributed by atoms with E-state index in [2.05, 4.69) is 19.2 Å². The number of carbonyl (C=O) groups is 1. The first-order valence-corrected chi connectivity index (χ1v) is 13.0. The number of aryl methyl sites for hydroxylation is 1. The summed E-state index contributed by atoms with van der Waals surface area (Å²) in [6, 6.07) is 12.5. The molecule has 1 atom stereocenters. The van der Waals surface area contributed by atoms with Crippen molar-refractivity contribution in [3.63, 3.8) is 0 Å². The Morgan fingerprint density at radius 3 is 2.54 bits per heavy atom. The van der Waals surface area contributed by atoms with E-state index in [1.54, 1.807) is 16.7 Å². The van der Waals surface area contributed by atoms with Crippen molar-refractivity contribution >= 4 is 28.5 Å². The van der Waals surface area contributed by atoms with Crippen LogP contribution in [0.4, 0.5) is 4.79 Å². The second kappa shape index (κ2) is 10.8. The van der Waals surface area contributed by atoms with Gasteiger partial charge >= 0.3 is 6.03 Å². The number of aromatic nitrogens is 2. The molecule has 1 N–H and O–H groups in total. The van der Waals surface area contributed by atoms with Crippen molar-refractivity contribution in [3.05, 3.63) is 69.2 Å². The first-order chi connectivity index (χ1) is 16.8. The fourth-order valence-electron chi connectivity index (χ4n) is 4.99. The van der Waals surface area contributed by atoms with Crippen molar-refractivity contribution in [2.24, 2.45) is 5.92 Å². The van der Waals surface area contributed by atoms with Gasteiger partial charge < -0.3 is 10.2 Å². The molecule has 2 aromatic carbocycles. The van der Waals surface area contributed by atoms with Crippen LogP contribution in [0.25, 0.3) is 16.6 Å². The summed E-state index contributed by atoms with van der Waals surface area (Å²) >= 11 is 6.22. The van der Waals surface area contributed by atoms with Gasteiger partial charge in [0.25, 0.3) is 5.56 Å². The van der Waals surface area contributed by atoms with E-state index in [4.69, 9.17) is 16.6 Å². The van der Waals surface area contributed by atoms with Crippen LogP contribution >= 0.6 is 11.6 Å². The van der Waals surface area contributed by atoms with Crippen LogP contribution in [-0.4, -0.2) is 33.1 Å². The molecule has 1 saturated carbocycles. The Morgan fingerprint density at radius 1 is 1.14 bits per heavy atom. The average molecular weight is 495 g/mol. The maximum Gasteiger partial charge on any atom is 0.318 e. The smallest absolute Gasteiger partial charge is 0.318 e. The third-order valence-corrected chi connectivity index (χ3v) is 7.03. The Hall–Kier alpha value is -2.86. The van der Waals surface area contributed by atoms with Crippen molar-refractivity contribution in [2.75, 3.05) is 6.54 Å². The van der Waals surface area contributed by atoms with E-state index >= 15 is 0 Å². The molecule has 35 heavy (non-hydrogen) atoms. The second-order valence-corrected chi connectivity index (χ2v) is 10.5. The van der Waals surface area contributed by atoms with Gasteiger partial charge in [-0.05, 0) is 68.5 Å². The van der Waals surface area contributed by atoms with Gasteiger partial charge in [0.05, 0.1) is 22.6 Å². The number of hydrogen-bond acceptors (Lipinski definition) is 3. The molecule has 1 heterocycles. The number of urea groups is 1. The molecular weight excluding hydrogens is 460 g/mol. The lowest BCUT2D eigenvalue weighted by Gasteiger charge is -2.34. The lowest BCUT2D eigenvalue weighted by Crippen LogP contribution is -2.48. The highest BCUT2D eigenvalue weighted by Gasteiger charge is 2.29. The quantitative estimate of drug-likeness (QED) is 0.430. The van der Waals surface area contributed by atoms with Crippen LogP contribution < -0.4 is 10.9 Å². The molecule has 0 bridgehead atoms. The predicted molar refractivity (Wildman–Crippen MR) is 142 cm³/mol. The highest BCUT2D eigenvalue weighted by Crippen LogP contribution is 2.27. The van der Waals surface area contributed by atoms with Crippen LogP contribution in [-0.2, 0) is 0 Å². The van der Waals surface area contributed by atoms with Gasteiger partial charge in [-0.2, -0.15) is 0 Å². The fraction of sp³-hybridized carbons (Fsp3) is 0.464. The lowest BCUT2D eigenvalue weighted by atomic mass is 9.96. The zero-order valence-electron chi connectivity index (χ0n) is 21.1. The highest BCUT2D eigenvalue weighted by atomic mass is 35.5. The summed E-state index contributed by atoms with van der Waals surface area (Å²) in [5.41, 5.74) is 2.06. The Kier molecular flexibility index (Phi) is 7.80. The van der Waals surface area contributed by atoms with Gasteiger partial charge in [-0.15, -0.1) is 0 Å². The molecule has 6 nitrogen and oxygen atoms in total. The standard InChI is InChI=1S/C28H35ClN4O2/c1-18(2)17-32(28(35)30-22-10-6-5-7-11-22)20(4)26-31-24-13-9-8-12-23(24)27(34)33(26)25-15-14-21(29)16-19(25)3/h8-9,12-16,18,20,22H,5-7,10-11,17H2,1-4H3,(H,30,35). The van der Waals surface area contributed by atoms with Crippen molar-refractivity contribution in [3.8, 4) is 5.69 Å². The summed E-state index contributed by atoms with van der Waals surface area (Å²) in [5.74, 6) is 0.797. The molecule has 4 rings (SSSR count). The number of amides is 2. The van der Waals surface area contributed by atoms with Gasteiger partial charge in [-0.25, -0.2) is 9.78 Å². The van der Waals surface area contributed by atoms with Crippen molar-refractivity contribution < 1.29 is 4.79 Å². The molecule has 0 saturated heterocycles. The molecule has 1 fully saturated rings. The van der Waals surface area contributed by atoms with Gasteiger partial charge in [0, 0.05) is 17.6 Å². The van der Waals surface area contributed by atoms with E-state index in [9.17, 15) is 9.59 Å². The van der Waals surface area contributed by atoms with Gasteiger partial charge in [0.1, 0.15) is 5.82 Å². The molecule has 1 aliphatic carbocycles. The SMILES string of the molecule is Cc1cc(Cl)ccc1-n1c(C(C)N(CC(C)C)C(=O)NC2CCCCC2)nc2ccccc2c1=O. The number of carbonyl (C=O) groups excluding carboxylic acids is 1. The lowest BCUT2D eigenvalue weighted by molar-refractivity contribution is 0.160. The number of benzene rings is 2. The van der Waals surface area contributed by atoms with Gasteiger partial charge in [-0.1, -0.05) is 56.8 Å². The Balaban J connectivity index is 1.83. The number of nitrogens with zero attached hydrogens (tertiary/aromatic N) is 3. The largest absolute Gasteiger partial charge is 0.335 e. The maximum atomic E-state index is 13.8. The molecule has 186 valence electrons. The summed E-state index contributed by atoms with van der Waals surface area (Å²) < 4.78 is 1.65. The van der Waals surface area contributed by atoms with E-state index in [0.717, 1.165) is 36.9 Å². The minimum Gasteiger partial charge on any atom is -0.335 e. The van der Waals surface area contributed by atoms with E-state index in [-0.39, 0.29) is 23.6 Å². The molecule has 1 aliphatic rings.